The molecule has 28 heavy (non-hydrogen) atoms. The van der Waals surface area contributed by atoms with Crippen molar-refractivity contribution >= 4 is 52.2 Å². The Morgan fingerprint density at radius 2 is 2.00 bits per heavy atom. The number of hydrogen-bond donors (Lipinski definition) is 5. The molecule has 0 saturated heterocycles. The van der Waals surface area contributed by atoms with E-state index in [1.807, 2.05) is 20.8 Å². The molecule has 1 aromatic carbocycles. The molecule has 2 amide bonds. The largest absolute Gasteiger partial charge is 0.324 e. The third kappa shape index (κ3) is 4.34. The summed E-state index contributed by atoms with van der Waals surface area (Å²) in [6.45, 7) is 5.51. The van der Waals surface area contributed by atoms with Gasteiger partial charge in [0, 0.05) is 5.54 Å². The highest BCUT2D eigenvalue weighted by Gasteiger charge is 2.40. The monoisotopic (exact) mass is 421 g/mol. The van der Waals surface area contributed by atoms with Gasteiger partial charge in [-0.05, 0) is 45.1 Å². The molecule has 1 aliphatic heterocycles. The molecule has 0 saturated carbocycles. The summed E-state index contributed by atoms with van der Waals surface area (Å²) < 4.78 is 13.2. The summed E-state index contributed by atoms with van der Waals surface area (Å²) in [6.07, 6.45) is 0. The van der Waals surface area contributed by atoms with Crippen LogP contribution < -0.4 is 16.1 Å². The summed E-state index contributed by atoms with van der Waals surface area (Å²) in [5.74, 6) is -1.26. The first-order valence-electron chi connectivity index (χ1n) is 8.27. The van der Waals surface area contributed by atoms with Gasteiger partial charge in [-0.15, -0.1) is 0 Å². The van der Waals surface area contributed by atoms with Gasteiger partial charge >= 0.3 is 0 Å². The molecule has 0 radical (unpaired) electrons. The lowest BCUT2D eigenvalue weighted by molar-refractivity contribution is -0.116. The number of H-pyrrole nitrogens is 2. The normalized spacial score (nSPS) is 19.5. The number of carbonyl (C=O) groups excluding carboxylic acids is 2. The number of nitrogens with zero attached hydrogens (tertiary/aromatic N) is 2. The number of benzene rings is 1. The van der Waals surface area contributed by atoms with Gasteiger partial charge in [-0.2, -0.15) is 10.1 Å². The van der Waals surface area contributed by atoms with Gasteiger partial charge in [0.05, 0.1) is 21.4 Å². The SMILES string of the molecule is CC(C)(C)N/N=C(/C(=O)Nc1nc(=S)[nH][nH]1)C1C(=O)Nc2ccccc2S1=O. The molecule has 10 nitrogen and oxygen atoms in total. The fourth-order valence-corrected chi connectivity index (χ4v) is 3.91. The Bertz CT molecular complexity index is 1040. The highest BCUT2D eigenvalue weighted by atomic mass is 32.2. The van der Waals surface area contributed by atoms with E-state index >= 15 is 0 Å². The molecule has 2 aromatic rings. The number of aromatic nitrogens is 3. The summed E-state index contributed by atoms with van der Waals surface area (Å²) in [5, 5.41) is 13.1. The van der Waals surface area contributed by atoms with Crippen molar-refractivity contribution in [3.05, 3.63) is 29.0 Å². The summed E-state index contributed by atoms with van der Waals surface area (Å²) >= 11 is 4.85. The number of amides is 2. The zero-order chi connectivity index (χ0) is 20.5. The molecule has 2 heterocycles. The minimum Gasteiger partial charge on any atom is -0.324 e. The number of aromatic amines is 2. The fourth-order valence-electron chi connectivity index (χ4n) is 2.35. The summed E-state index contributed by atoms with van der Waals surface area (Å²) in [6, 6.07) is 6.71. The molecule has 1 aliphatic rings. The zero-order valence-electron chi connectivity index (χ0n) is 15.3. The molecule has 0 spiro atoms. The van der Waals surface area contributed by atoms with E-state index < -0.39 is 33.4 Å². The lowest BCUT2D eigenvalue weighted by Crippen LogP contribution is -2.48. The van der Waals surface area contributed by atoms with Gasteiger partial charge in [0.1, 0.15) is 0 Å². The van der Waals surface area contributed by atoms with Crippen LogP contribution >= 0.6 is 12.2 Å². The van der Waals surface area contributed by atoms with Gasteiger partial charge in [-0.1, -0.05) is 12.1 Å². The molecule has 0 bridgehead atoms. The van der Waals surface area contributed by atoms with E-state index in [9.17, 15) is 13.8 Å². The lowest BCUT2D eigenvalue weighted by atomic mass is 10.1. The van der Waals surface area contributed by atoms with Crippen molar-refractivity contribution in [1.82, 2.24) is 20.6 Å². The highest BCUT2D eigenvalue weighted by Crippen LogP contribution is 2.28. The molecule has 1 aromatic heterocycles. The van der Waals surface area contributed by atoms with Crippen LogP contribution in [0.3, 0.4) is 0 Å². The average molecular weight is 422 g/mol. The van der Waals surface area contributed by atoms with E-state index in [0.29, 0.717) is 10.6 Å². The molecule has 2 unspecified atom stereocenters. The van der Waals surface area contributed by atoms with Crippen molar-refractivity contribution in [2.75, 3.05) is 10.6 Å². The smallest absolute Gasteiger partial charge is 0.276 e. The minimum absolute atomic E-state index is 0.0564. The first-order valence-corrected chi connectivity index (χ1v) is 9.89. The van der Waals surface area contributed by atoms with Gasteiger partial charge in [0.25, 0.3) is 5.91 Å². The van der Waals surface area contributed by atoms with Crippen LogP contribution in [0.15, 0.2) is 34.3 Å². The van der Waals surface area contributed by atoms with Crippen LogP contribution in [0.25, 0.3) is 0 Å². The lowest BCUT2D eigenvalue weighted by Gasteiger charge is -2.25. The molecule has 148 valence electrons. The summed E-state index contributed by atoms with van der Waals surface area (Å²) in [5.41, 5.74) is 2.54. The Labute approximate surface area is 168 Å². The van der Waals surface area contributed by atoms with Gasteiger partial charge in [-0.3, -0.25) is 29.3 Å². The van der Waals surface area contributed by atoms with Crippen LogP contribution in [0.4, 0.5) is 11.6 Å². The second kappa shape index (κ2) is 7.64. The van der Waals surface area contributed by atoms with Crippen LogP contribution in [0.1, 0.15) is 20.8 Å². The topological polar surface area (TPSA) is 144 Å². The predicted octanol–water partition coefficient (Wildman–Crippen LogP) is 1.28. The van der Waals surface area contributed by atoms with E-state index in [1.165, 1.54) is 0 Å². The van der Waals surface area contributed by atoms with Crippen LogP contribution in [-0.2, 0) is 20.4 Å². The Balaban J connectivity index is 1.98. The molecule has 0 aliphatic carbocycles. The van der Waals surface area contributed by atoms with Crippen molar-refractivity contribution in [2.45, 2.75) is 36.5 Å². The Kier molecular flexibility index (Phi) is 5.42. The molecule has 2 atom stereocenters. The van der Waals surface area contributed by atoms with Crippen LogP contribution in [-0.4, -0.2) is 47.7 Å². The van der Waals surface area contributed by atoms with Crippen molar-refractivity contribution in [3.63, 3.8) is 0 Å². The summed E-state index contributed by atoms with van der Waals surface area (Å²) in [7, 11) is -1.82. The van der Waals surface area contributed by atoms with E-state index in [0.717, 1.165) is 0 Å². The molecule has 12 heteroatoms. The zero-order valence-corrected chi connectivity index (χ0v) is 17.0. The first-order chi connectivity index (χ1) is 13.2. The van der Waals surface area contributed by atoms with Gasteiger partial charge < -0.3 is 10.7 Å². The summed E-state index contributed by atoms with van der Waals surface area (Å²) in [4.78, 5) is 29.8. The molecule has 5 N–H and O–H groups in total. The number of rotatable bonds is 4. The Morgan fingerprint density at radius 1 is 1.29 bits per heavy atom. The van der Waals surface area contributed by atoms with E-state index in [1.54, 1.807) is 24.3 Å². The predicted molar refractivity (Wildman–Crippen MR) is 108 cm³/mol. The molecular weight excluding hydrogens is 402 g/mol. The van der Waals surface area contributed by atoms with E-state index in [4.69, 9.17) is 12.2 Å². The number of anilines is 2. The Hall–Kier alpha value is -2.86. The highest BCUT2D eigenvalue weighted by molar-refractivity contribution is 7.88. The molecular formula is C16H19N7O3S2. The second-order valence-electron chi connectivity index (χ2n) is 6.99. The number of hydrazone groups is 1. The van der Waals surface area contributed by atoms with Crippen LogP contribution in [0.5, 0.6) is 0 Å². The van der Waals surface area contributed by atoms with Crippen molar-refractivity contribution < 1.29 is 13.8 Å². The molecule has 3 rings (SSSR count). The van der Waals surface area contributed by atoms with E-state index in [-0.39, 0.29) is 16.4 Å². The maximum absolute atomic E-state index is 13.1. The standard InChI is InChI=1S/C16H19N7O3S2/c1-16(2,3)23-20-10(12(24)18-14-19-15(27)22-21-14)11-13(25)17-8-6-4-5-7-9(8)28(11)26/h4-7,11,23H,1-3H3,(H,17,25)(H3,18,19,21,22,24,27)/b20-10+. The van der Waals surface area contributed by atoms with Crippen LogP contribution in [0.2, 0.25) is 0 Å². The number of para-hydroxylation sites is 1. The number of fused-ring (bicyclic) bond motifs is 1. The maximum atomic E-state index is 13.1. The Morgan fingerprint density at radius 3 is 2.64 bits per heavy atom. The maximum Gasteiger partial charge on any atom is 0.276 e. The first kappa shape index (κ1) is 19.9. The van der Waals surface area contributed by atoms with Crippen molar-refractivity contribution in [3.8, 4) is 0 Å². The van der Waals surface area contributed by atoms with Gasteiger partial charge in [-0.25, -0.2) is 0 Å². The second-order valence-corrected chi connectivity index (χ2v) is 8.88. The third-order valence-corrected chi connectivity index (χ3v) is 5.39. The van der Waals surface area contributed by atoms with Crippen LogP contribution in [0, 0.1) is 4.77 Å². The number of nitrogens with one attached hydrogen (secondary N) is 5. The number of hydrogen-bond acceptors (Lipinski definition) is 7. The van der Waals surface area contributed by atoms with E-state index in [2.05, 4.69) is 36.3 Å². The van der Waals surface area contributed by atoms with Crippen molar-refractivity contribution in [2.24, 2.45) is 5.10 Å². The third-order valence-electron chi connectivity index (χ3n) is 3.54. The van der Waals surface area contributed by atoms with Gasteiger partial charge in [0.2, 0.25) is 16.6 Å². The van der Waals surface area contributed by atoms with Gasteiger partial charge in [0.15, 0.2) is 11.0 Å². The minimum atomic E-state index is -1.82. The number of carbonyl (C=O) groups is 2. The van der Waals surface area contributed by atoms with Crippen molar-refractivity contribution in [1.29, 1.82) is 0 Å². The molecule has 0 fully saturated rings. The quantitative estimate of drug-likeness (QED) is 0.286. The average Bonchev–Trinajstić information content (AvgIpc) is 3.01. The fraction of sp³-hybridized carbons (Fsp3) is 0.312.